The minimum Gasteiger partial charge on any atom is -0.349 e. The molecule has 1 aliphatic rings. The van der Waals surface area contributed by atoms with Crippen molar-refractivity contribution < 1.29 is 4.79 Å². The van der Waals surface area contributed by atoms with Gasteiger partial charge in [0.25, 0.3) is 0 Å². The van der Waals surface area contributed by atoms with Gasteiger partial charge in [0.15, 0.2) is 0 Å². The first-order chi connectivity index (χ1) is 9.09. The van der Waals surface area contributed by atoms with E-state index >= 15 is 0 Å². The van der Waals surface area contributed by atoms with E-state index in [1.807, 2.05) is 31.2 Å². The molecule has 2 rings (SSSR count). The molecule has 0 spiro atoms. The molecule has 0 aromatic heterocycles. The molecular weight excluding hydrogens is 304 g/mol. The molecule has 0 aliphatic heterocycles. The molecule has 1 aliphatic carbocycles. The van der Waals surface area contributed by atoms with Crippen molar-refractivity contribution >= 4 is 21.8 Å². The van der Waals surface area contributed by atoms with Crippen molar-refractivity contribution in [2.45, 2.75) is 44.7 Å². The number of hydrogen-bond acceptors (Lipinski definition) is 2. The third-order valence-corrected chi connectivity index (χ3v) is 4.61. The third kappa shape index (κ3) is 3.57. The van der Waals surface area contributed by atoms with Gasteiger partial charge < -0.3 is 11.1 Å². The zero-order valence-electron chi connectivity index (χ0n) is 11.2. The number of carbonyl (C=O) groups excluding carboxylic acids is 1. The number of amides is 1. The fourth-order valence-electron chi connectivity index (χ4n) is 2.71. The summed E-state index contributed by atoms with van der Waals surface area (Å²) in [6.45, 7) is 2.01. The van der Waals surface area contributed by atoms with Gasteiger partial charge in [-0.05, 0) is 31.4 Å². The molecule has 0 saturated heterocycles. The summed E-state index contributed by atoms with van der Waals surface area (Å²) in [7, 11) is 0. The SMILES string of the molecule is C[C@@H](NC(=O)C1CCCCC1N)c1ccccc1Br. The Hall–Kier alpha value is -0.870. The molecule has 3 N–H and O–H groups in total. The molecule has 19 heavy (non-hydrogen) atoms. The summed E-state index contributed by atoms with van der Waals surface area (Å²) in [5.74, 6) is 0.0640. The van der Waals surface area contributed by atoms with E-state index < -0.39 is 0 Å². The molecule has 4 heteroatoms. The molecule has 2 unspecified atom stereocenters. The van der Waals surface area contributed by atoms with Gasteiger partial charge in [-0.25, -0.2) is 0 Å². The first-order valence-electron chi connectivity index (χ1n) is 6.90. The quantitative estimate of drug-likeness (QED) is 0.897. The first-order valence-corrected chi connectivity index (χ1v) is 7.69. The number of rotatable bonds is 3. The second-order valence-electron chi connectivity index (χ2n) is 5.31. The fraction of sp³-hybridized carbons (Fsp3) is 0.533. The average Bonchev–Trinajstić information content (AvgIpc) is 2.39. The highest BCUT2D eigenvalue weighted by Crippen LogP contribution is 2.26. The van der Waals surface area contributed by atoms with E-state index in [4.69, 9.17) is 5.73 Å². The Kier molecular flexibility index (Phi) is 4.99. The van der Waals surface area contributed by atoms with Gasteiger partial charge in [-0.1, -0.05) is 47.0 Å². The van der Waals surface area contributed by atoms with Crippen LogP contribution >= 0.6 is 15.9 Å². The van der Waals surface area contributed by atoms with Gasteiger partial charge in [0.05, 0.1) is 12.0 Å². The van der Waals surface area contributed by atoms with Crippen LogP contribution in [0.2, 0.25) is 0 Å². The van der Waals surface area contributed by atoms with Crippen molar-refractivity contribution in [3.8, 4) is 0 Å². The van der Waals surface area contributed by atoms with E-state index in [1.54, 1.807) is 0 Å². The molecule has 104 valence electrons. The van der Waals surface area contributed by atoms with Gasteiger partial charge in [0.1, 0.15) is 0 Å². The highest BCUT2D eigenvalue weighted by atomic mass is 79.9. The van der Waals surface area contributed by atoms with Crippen LogP contribution in [0.25, 0.3) is 0 Å². The van der Waals surface area contributed by atoms with E-state index in [-0.39, 0.29) is 23.9 Å². The van der Waals surface area contributed by atoms with Gasteiger partial charge in [-0.2, -0.15) is 0 Å². The topological polar surface area (TPSA) is 55.1 Å². The Morgan fingerprint density at radius 3 is 2.74 bits per heavy atom. The van der Waals surface area contributed by atoms with E-state index in [0.717, 1.165) is 35.7 Å². The number of benzene rings is 1. The van der Waals surface area contributed by atoms with Crippen molar-refractivity contribution in [2.24, 2.45) is 11.7 Å². The lowest BCUT2D eigenvalue weighted by Gasteiger charge is -2.29. The predicted octanol–water partition coefficient (Wildman–Crippen LogP) is 3.14. The van der Waals surface area contributed by atoms with E-state index in [1.165, 1.54) is 0 Å². The van der Waals surface area contributed by atoms with Crippen LogP contribution in [0.5, 0.6) is 0 Å². The molecule has 0 heterocycles. The molecule has 3 atom stereocenters. The summed E-state index contributed by atoms with van der Waals surface area (Å²) < 4.78 is 1.02. The first kappa shape index (κ1) is 14.5. The van der Waals surface area contributed by atoms with Crippen LogP contribution in [0.15, 0.2) is 28.7 Å². The van der Waals surface area contributed by atoms with Crippen LogP contribution in [-0.4, -0.2) is 11.9 Å². The van der Waals surface area contributed by atoms with E-state index in [9.17, 15) is 4.79 Å². The Balaban J connectivity index is 2.00. The molecule has 1 aromatic rings. The number of nitrogens with two attached hydrogens (primary N) is 1. The van der Waals surface area contributed by atoms with E-state index in [0.29, 0.717) is 0 Å². The van der Waals surface area contributed by atoms with Crippen molar-refractivity contribution in [3.63, 3.8) is 0 Å². The normalized spacial score (nSPS) is 24.8. The summed E-state index contributed by atoms with van der Waals surface area (Å²) in [6.07, 6.45) is 4.12. The largest absolute Gasteiger partial charge is 0.349 e. The van der Waals surface area contributed by atoms with Gasteiger partial charge in [0.2, 0.25) is 5.91 Å². The monoisotopic (exact) mass is 324 g/mol. The number of halogens is 1. The minimum atomic E-state index is -0.0290. The zero-order chi connectivity index (χ0) is 13.8. The summed E-state index contributed by atoms with van der Waals surface area (Å²) in [6, 6.07) is 7.98. The molecule has 1 fully saturated rings. The Morgan fingerprint density at radius 2 is 2.05 bits per heavy atom. The van der Waals surface area contributed by atoms with Crippen LogP contribution in [0.3, 0.4) is 0 Å². The number of carbonyl (C=O) groups is 1. The molecule has 0 bridgehead atoms. The molecule has 3 nitrogen and oxygen atoms in total. The van der Waals surface area contributed by atoms with Gasteiger partial charge >= 0.3 is 0 Å². The molecule has 1 saturated carbocycles. The van der Waals surface area contributed by atoms with E-state index in [2.05, 4.69) is 21.2 Å². The highest BCUT2D eigenvalue weighted by Gasteiger charge is 2.29. The van der Waals surface area contributed by atoms with Crippen LogP contribution in [-0.2, 0) is 4.79 Å². The summed E-state index contributed by atoms with van der Waals surface area (Å²) >= 11 is 3.52. The highest BCUT2D eigenvalue weighted by molar-refractivity contribution is 9.10. The third-order valence-electron chi connectivity index (χ3n) is 3.89. The predicted molar refractivity (Wildman–Crippen MR) is 80.6 cm³/mol. The Morgan fingerprint density at radius 1 is 1.37 bits per heavy atom. The zero-order valence-corrected chi connectivity index (χ0v) is 12.8. The van der Waals surface area contributed by atoms with Crippen LogP contribution in [0, 0.1) is 5.92 Å². The van der Waals surface area contributed by atoms with Gasteiger partial charge in [-0.15, -0.1) is 0 Å². The maximum Gasteiger partial charge on any atom is 0.225 e. The lowest BCUT2D eigenvalue weighted by Crippen LogP contribution is -2.44. The fourth-order valence-corrected chi connectivity index (χ4v) is 3.34. The van der Waals surface area contributed by atoms with Crippen molar-refractivity contribution in [2.75, 3.05) is 0 Å². The molecule has 1 amide bonds. The summed E-state index contributed by atoms with van der Waals surface area (Å²) in [5, 5.41) is 3.09. The lowest BCUT2D eigenvalue weighted by molar-refractivity contribution is -0.127. The molecule has 0 radical (unpaired) electrons. The average molecular weight is 325 g/mol. The van der Waals surface area contributed by atoms with Crippen molar-refractivity contribution in [3.05, 3.63) is 34.3 Å². The van der Waals surface area contributed by atoms with Crippen molar-refractivity contribution in [1.82, 2.24) is 5.32 Å². The maximum absolute atomic E-state index is 12.3. The van der Waals surface area contributed by atoms with Crippen molar-refractivity contribution in [1.29, 1.82) is 0 Å². The molecular formula is C15H21BrN2O. The van der Waals surface area contributed by atoms with Crippen LogP contribution < -0.4 is 11.1 Å². The van der Waals surface area contributed by atoms with Gasteiger partial charge in [0, 0.05) is 10.5 Å². The molecule has 1 aromatic carbocycles. The Labute approximate surface area is 123 Å². The van der Waals surface area contributed by atoms with Gasteiger partial charge in [-0.3, -0.25) is 4.79 Å². The standard InChI is InChI=1S/C15H21BrN2O/c1-10(11-6-2-4-8-13(11)16)18-15(19)12-7-3-5-9-14(12)17/h2,4,6,8,10,12,14H,3,5,7,9,17H2,1H3,(H,18,19)/t10-,12?,14?/m1/s1. The number of nitrogens with one attached hydrogen (secondary N) is 1. The van der Waals surface area contributed by atoms with Crippen LogP contribution in [0.1, 0.15) is 44.2 Å². The maximum atomic E-state index is 12.3. The van der Waals surface area contributed by atoms with Crippen LogP contribution in [0.4, 0.5) is 0 Å². The minimum absolute atomic E-state index is 0.00259. The smallest absolute Gasteiger partial charge is 0.225 e. The number of hydrogen-bond donors (Lipinski definition) is 2. The second kappa shape index (κ2) is 6.53. The lowest BCUT2D eigenvalue weighted by atomic mass is 9.84. The second-order valence-corrected chi connectivity index (χ2v) is 6.16. The summed E-state index contributed by atoms with van der Waals surface area (Å²) in [4.78, 5) is 12.3. The Bertz CT molecular complexity index is 450. The summed E-state index contributed by atoms with van der Waals surface area (Å²) in [5.41, 5.74) is 7.15.